The Labute approximate surface area is 127 Å². The molecule has 7 heteroatoms. The fraction of sp³-hybridized carbons (Fsp3) is 0.273. The summed E-state index contributed by atoms with van der Waals surface area (Å²) in [5.74, 6) is 0. The summed E-state index contributed by atoms with van der Waals surface area (Å²) in [6, 6.07) is 6.22. The first kappa shape index (κ1) is 14.3. The minimum atomic E-state index is 0.0306. The highest BCUT2D eigenvalue weighted by Gasteiger charge is 2.09. The summed E-state index contributed by atoms with van der Waals surface area (Å²) >= 11 is 8.39. The molecule has 2 rings (SSSR count). The van der Waals surface area contributed by atoms with E-state index < -0.39 is 0 Å². The van der Waals surface area contributed by atoms with Gasteiger partial charge in [0.15, 0.2) is 8.68 Å². The largest absolute Gasteiger partial charge is 0.324 e. The minimum absolute atomic E-state index is 0.0306. The number of aromatic nitrogens is 2. The van der Waals surface area contributed by atoms with Crippen molar-refractivity contribution in [2.24, 2.45) is 5.73 Å². The molecule has 96 valence electrons. The summed E-state index contributed by atoms with van der Waals surface area (Å²) in [6.07, 6.45) is 2.00. The van der Waals surface area contributed by atoms with Crippen molar-refractivity contribution in [2.45, 2.75) is 26.5 Å². The minimum Gasteiger partial charge on any atom is -0.324 e. The molecule has 0 aliphatic rings. The van der Waals surface area contributed by atoms with Gasteiger partial charge in [-0.2, -0.15) is 0 Å². The molecular weight excluding hydrogens is 350 g/mol. The molecule has 1 aromatic heterocycles. The van der Waals surface area contributed by atoms with E-state index in [4.69, 9.17) is 5.73 Å². The molecule has 1 aromatic carbocycles. The van der Waals surface area contributed by atoms with Gasteiger partial charge < -0.3 is 5.73 Å². The summed E-state index contributed by atoms with van der Waals surface area (Å²) in [5.41, 5.74) is 6.99. The van der Waals surface area contributed by atoms with Gasteiger partial charge in [-0.1, -0.05) is 56.9 Å². The van der Waals surface area contributed by atoms with E-state index >= 15 is 0 Å². The van der Waals surface area contributed by atoms with Crippen molar-refractivity contribution in [3.05, 3.63) is 28.2 Å². The third-order valence-corrected chi connectivity index (χ3v) is 5.86. The summed E-state index contributed by atoms with van der Waals surface area (Å²) in [4.78, 5) is 1.13. The van der Waals surface area contributed by atoms with E-state index in [1.807, 2.05) is 19.2 Å². The Morgan fingerprint density at radius 3 is 2.61 bits per heavy atom. The van der Waals surface area contributed by atoms with Gasteiger partial charge in [-0.05, 0) is 30.9 Å². The van der Waals surface area contributed by atoms with E-state index in [1.54, 1.807) is 34.9 Å². The van der Waals surface area contributed by atoms with Gasteiger partial charge >= 0.3 is 0 Å². The first-order valence-electron chi connectivity index (χ1n) is 5.20. The number of hydrogen-bond donors (Lipinski definition) is 1. The Balaban J connectivity index is 2.17. The molecule has 0 radical (unpaired) electrons. The molecule has 1 heterocycles. The van der Waals surface area contributed by atoms with E-state index in [-0.39, 0.29) is 6.04 Å². The molecule has 0 amide bonds. The fourth-order valence-electron chi connectivity index (χ4n) is 1.36. The zero-order valence-electron chi connectivity index (χ0n) is 9.88. The highest BCUT2D eigenvalue weighted by atomic mass is 79.9. The Hall–Kier alpha value is -0.0800. The second-order valence-electron chi connectivity index (χ2n) is 3.61. The molecular formula is C11H12BrN3S3. The number of nitrogens with two attached hydrogens (primary N) is 1. The molecule has 0 saturated carbocycles. The van der Waals surface area contributed by atoms with Gasteiger partial charge in [-0.25, -0.2) is 0 Å². The van der Waals surface area contributed by atoms with Crippen molar-refractivity contribution in [2.75, 3.05) is 6.26 Å². The van der Waals surface area contributed by atoms with Gasteiger partial charge in [-0.3, -0.25) is 0 Å². The topological polar surface area (TPSA) is 51.8 Å². The van der Waals surface area contributed by atoms with Crippen LogP contribution in [0.5, 0.6) is 0 Å². The van der Waals surface area contributed by atoms with Crippen molar-refractivity contribution < 1.29 is 0 Å². The molecule has 1 atom stereocenters. The van der Waals surface area contributed by atoms with E-state index in [9.17, 15) is 0 Å². The predicted octanol–water partition coefficient (Wildman–Crippen LogP) is 4.19. The van der Waals surface area contributed by atoms with Crippen LogP contribution in [0.4, 0.5) is 0 Å². The third kappa shape index (κ3) is 3.48. The van der Waals surface area contributed by atoms with Crippen LogP contribution in [0.3, 0.4) is 0 Å². The van der Waals surface area contributed by atoms with E-state index in [2.05, 4.69) is 38.3 Å². The monoisotopic (exact) mass is 361 g/mol. The van der Waals surface area contributed by atoms with Crippen LogP contribution < -0.4 is 5.73 Å². The smallest absolute Gasteiger partial charge is 0.179 e. The molecule has 2 aromatic rings. The number of rotatable bonds is 4. The number of nitrogens with zero attached hydrogens (tertiary/aromatic N) is 2. The van der Waals surface area contributed by atoms with E-state index in [0.29, 0.717) is 0 Å². The Morgan fingerprint density at radius 1 is 1.33 bits per heavy atom. The maximum atomic E-state index is 5.88. The van der Waals surface area contributed by atoms with Crippen molar-refractivity contribution in [3.8, 4) is 0 Å². The maximum Gasteiger partial charge on any atom is 0.179 e. The SMILES string of the molecule is CSc1nnc(Sc2ccc([C@H](C)N)c(Br)c2)s1. The maximum absolute atomic E-state index is 5.88. The molecule has 3 nitrogen and oxygen atoms in total. The van der Waals surface area contributed by atoms with Gasteiger partial charge in [0.2, 0.25) is 0 Å². The predicted molar refractivity (Wildman–Crippen MR) is 82.6 cm³/mol. The molecule has 2 N–H and O–H groups in total. The average molecular weight is 362 g/mol. The molecule has 0 unspecified atom stereocenters. The first-order valence-corrected chi connectivity index (χ1v) is 8.85. The quantitative estimate of drug-likeness (QED) is 0.827. The molecule has 0 bridgehead atoms. The van der Waals surface area contributed by atoms with Crippen molar-refractivity contribution in [1.82, 2.24) is 10.2 Å². The number of halogens is 1. The summed E-state index contributed by atoms with van der Waals surface area (Å²) in [7, 11) is 0. The number of benzene rings is 1. The molecule has 0 spiro atoms. The van der Waals surface area contributed by atoms with Crippen LogP contribution in [-0.2, 0) is 0 Å². The molecule has 0 saturated heterocycles. The van der Waals surface area contributed by atoms with Crippen molar-refractivity contribution >= 4 is 50.8 Å². The zero-order chi connectivity index (χ0) is 13.1. The lowest BCUT2D eigenvalue weighted by Crippen LogP contribution is -2.05. The molecule has 18 heavy (non-hydrogen) atoms. The highest BCUT2D eigenvalue weighted by Crippen LogP contribution is 2.35. The van der Waals surface area contributed by atoms with Crippen LogP contribution in [0, 0.1) is 0 Å². The van der Waals surface area contributed by atoms with Crippen LogP contribution in [0.1, 0.15) is 18.5 Å². The van der Waals surface area contributed by atoms with Gasteiger partial charge in [0.05, 0.1) is 0 Å². The molecule has 0 aliphatic heterocycles. The lowest BCUT2D eigenvalue weighted by molar-refractivity contribution is 0.811. The molecule has 0 fully saturated rings. The summed E-state index contributed by atoms with van der Waals surface area (Å²) < 4.78 is 2.99. The average Bonchev–Trinajstić information content (AvgIpc) is 2.76. The summed E-state index contributed by atoms with van der Waals surface area (Å²) in [6.45, 7) is 1.97. The van der Waals surface area contributed by atoms with Crippen LogP contribution >= 0.6 is 50.8 Å². The zero-order valence-corrected chi connectivity index (χ0v) is 13.9. The normalized spacial score (nSPS) is 12.7. The summed E-state index contributed by atoms with van der Waals surface area (Å²) in [5, 5.41) is 8.22. The van der Waals surface area contributed by atoms with Gasteiger partial charge in [0.1, 0.15) is 0 Å². The highest BCUT2D eigenvalue weighted by molar-refractivity contribution is 9.10. The van der Waals surface area contributed by atoms with E-state index in [0.717, 1.165) is 23.6 Å². The third-order valence-electron chi connectivity index (χ3n) is 2.23. The van der Waals surface area contributed by atoms with Gasteiger partial charge in [0.25, 0.3) is 0 Å². The van der Waals surface area contributed by atoms with Gasteiger partial charge in [-0.15, -0.1) is 10.2 Å². The molecule has 0 aliphatic carbocycles. The van der Waals surface area contributed by atoms with Crippen molar-refractivity contribution in [1.29, 1.82) is 0 Å². The Bertz CT molecular complexity index is 542. The van der Waals surface area contributed by atoms with E-state index in [1.165, 1.54) is 0 Å². The second-order valence-corrected chi connectivity index (χ2v) is 7.82. The fourth-order valence-corrected chi connectivity index (χ4v) is 4.71. The van der Waals surface area contributed by atoms with Crippen LogP contribution in [0.2, 0.25) is 0 Å². The Morgan fingerprint density at radius 2 is 2.06 bits per heavy atom. The second kappa shape index (κ2) is 6.38. The van der Waals surface area contributed by atoms with Crippen LogP contribution in [-0.4, -0.2) is 16.5 Å². The van der Waals surface area contributed by atoms with Gasteiger partial charge in [0, 0.05) is 15.4 Å². The Kier molecular flexibility index (Phi) is 5.08. The van der Waals surface area contributed by atoms with Crippen LogP contribution in [0.15, 0.2) is 36.2 Å². The van der Waals surface area contributed by atoms with Crippen molar-refractivity contribution in [3.63, 3.8) is 0 Å². The standard InChI is InChI=1S/C11H12BrN3S3/c1-6(13)8-4-3-7(5-9(8)12)17-11-15-14-10(16-2)18-11/h3-6H,13H2,1-2H3/t6-/m0/s1. The number of hydrogen-bond acceptors (Lipinski definition) is 6. The first-order chi connectivity index (χ1) is 8.60. The lowest BCUT2D eigenvalue weighted by atomic mass is 10.1. The van der Waals surface area contributed by atoms with Crippen LogP contribution in [0.25, 0.3) is 0 Å². The number of thioether (sulfide) groups is 1. The lowest BCUT2D eigenvalue weighted by Gasteiger charge is -2.09.